The molecule has 0 spiro atoms. The van der Waals surface area contributed by atoms with E-state index in [1.54, 1.807) is 12.1 Å². The summed E-state index contributed by atoms with van der Waals surface area (Å²) in [6.07, 6.45) is 5.40. The van der Waals surface area contributed by atoms with Crippen LogP contribution in [0, 0.1) is 13.8 Å². The smallest absolute Gasteiger partial charge is 0.115 e. The molecule has 1 unspecified atom stereocenters. The van der Waals surface area contributed by atoms with Crippen LogP contribution in [0.15, 0.2) is 72.9 Å². The highest BCUT2D eigenvalue weighted by Crippen LogP contribution is 2.31. The first-order valence-corrected chi connectivity index (χ1v) is 10.8. The highest BCUT2D eigenvalue weighted by molar-refractivity contribution is 5.84. The summed E-state index contributed by atoms with van der Waals surface area (Å²) < 4.78 is 0. The standard InChI is InChI=1S/C27H30N2O/c1-19-10-15-23(20(2)17-19)27(25-18-29-26-9-4-3-8-24(25)26)28-16-6-5-7-21-11-13-22(30)14-12-21/h3-4,8-15,17-18,27-30H,5-7,16H2,1-2H3. The summed E-state index contributed by atoms with van der Waals surface area (Å²) in [7, 11) is 0. The summed E-state index contributed by atoms with van der Waals surface area (Å²) in [5.41, 5.74) is 7.71. The molecule has 0 bridgehead atoms. The van der Waals surface area contributed by atoms with E-state index in [0.717, 1.165) is 25.8 Å². The molecule has 1 aromatic heterocycles. The summed E-state index contributed by atoms with van der Waals surface area (Å²) in [4.78, 5) is 3.44. The van der Waals surface area contributed by atoms with Crippen LogP contribution in [0.4, 0.5) is 0 Å². The van der Waals surface area contributed by atoms with Crippen molar-refractivity contribution in [3.05, 3.63) is 101 Å². The van der Waals surface area contributed by atoms with Crippen LogP contribution in [0.25, 0.3) is 10.9 Å². The minimum absolute atomic E-state index is 0.162. The van der Waals surface area contributed by atoms with Crippen molar-refractivity contribution in [2.75, 3.05) is 6.54 Å². The maximum atomic E-state index is 9.43. The van der Waals surface area contributed by atoms with Crippen LogP contribution >= 0.6 is 0 Å². The number of H-pyrrole nitrogens is 1. The summed E-state index contributed by atoms with van der Waals surface area (Å²) in [6, 6.07) is 23.0. The van der Waals surface area contributed by atoms with Crippen molar-refractivity contribution in [2.45, 2.75) is 39.2 Å². The number of benzene rings is 3. The number of phenolic OH excluding ortho intramolecular Hbond substituents is 1. The molecule has 0 aliphatic heterocycles. The summed E-state index contributed by atoms with van der Waals surface area (Å²) in [5.74, 6) is 0.329. The molecule has 1 heterocycles. The minimum Gasteiger partial charge on any atom is -0.508 e. The zero-order valence-corrected chi connectivity index (χ0v) is 17.8. The minimum atomic E-state index is 0.162. The zero-order chi connectivity index (χ0) is 20.9. The van der Waals surface area contributed by atoms with Gasteiger partial charge in [-0.3, -0.25) is 0 Å². The SMILES string of the molecule is Cc1ccc(C(NCCCCc2ccc(O)cc2)c2c[nH]c3ccccc23)c(C)c1. The van der Waals surface area contributed by atoms with E-state index >= 15 is 0 Å². The monoisotopic (exact) mass is 398 g/mol. The van der Waals surface area contributed by atoms with Crippen LogP contribution in [0.1, 0.15) is 46.7 Å². The molecule has 0 radical (unpaired) electrons. The van der Waals surface area contributed by atoms with Gasteiger partial charge in [-0.15, -0.1) is 0 Å². The van der Waals surface area contributed by atoms with Crippen LogP contribution in [0.5, 0.6) is 5.75 Å². The van der Waals surface area contributed by atoms with Crippen LogP contribution in [0.3, 0.4) is 0 Å². The molecule has 154 valence electrons. The van der Waals surface area contributed by atoms with E-state index in [1.165, 1.54) is 38.7 Å². The quantitative estimate of drug-likeness (QED) is 0.310. The predicted octanol–water partition coefficient (Wildman–Crippen LogP) is 6.19. The molecule has 30 heavy (non-hydrogen) atoms. The molecule has 3 aromatic carbocycles. The molecule has 0 saturated carbocycles. The Hall–Kier alpha value is -3.04. The molecule has 0 fully saturated rings. The fourth-order valence-electron chi connectivity index (χ4n) is 4.23. The maximum Gasteiger partial charge on any atom is 0.115 e. The Balaban J connectivity index is 1.48. The number of para-hydroxylation sites is 1. The lowest BCUT2D eigenvalue weighted by Gasteiger charge is -2.22. The number of phenols is 1. The van der Waals surface area contributed by atoms with Gasteiger partial charge in [0.1, 0.15) is 5.75 Å². The van der Waals surface area contributed by atoms with E-state index in [0.29, 0.717) is 5.75 Å². The topological polar surface area (TPSA) is 48.0 Å². The predicted molar refractivity (Wildman–Crippen MR) is 125 cm³/mol. The van der Waals surface area contributed by atoms with E-state index in [-0.39, 0.29) is 6.04 Å². The Bertz CT molecular complexity index is 1110. The molecule has 3 heteroatoms. The summed E-state index contributed by atoms with van der Waals surface area (Å²) >= 11 is 0. The van der Waals surface area contributed by atoms with E-state index in [4.69, 9.17) is 0 Å². The summed E-state index contributed by atoms with van der Waals surface area (Å²) in [5, 5.41) is 14.5. The number of aromatic hydroxyl groups is 1. The molecule has 0 saturated heterocycles. The number of fused-ring (bicyclic) bond motifs is 1. The highest BCUT2D eigenvalue weighted by Gasteiger charge is 2.19. The van der Waals surface area contributed by atoms with Gasteiger partial charge in [0, 0.05) is 17.1 Å². The van der Waals surface area contributed by atoms with Gasteiger partial charge in [0.05, 0.1) is 6.04 Å². The van der Waals surface area contributed by atoms with Gasteiger partial charge in [-0.05, 0) is 80.1 Å². The third-order valence-corrected chi connectivity index (χ3v) is 5.85. The Morgan fingerprint density at radius 3 is 2.50 bits per heavy atom. The molecule has 3 nitrogen and oxygen atoms in total. The number of rotatable bonds is 8. The van der Waals surface area contributed by atoms with Crippen LogP contribution in [-0.2, 0) is 6.42 Å². The molecular formula is C27H30N2O. The lowest BCUT2D eigenvalue weighted by atomic mass is 9.93. The van der Waals surface area contributed by atoms with Crippen LogP contribution < -0.4 is 5.32 Å². The number of unbranched alkanes of at least 4 members (excludes halogenated alkanes) is 1. The van der Waals surface area contributed by atoms with E-state index < -0.39 is 0 Å². The van der Waals surface area contributed by atoms with Crippen molar-refractivity contribution in [1.82, 2.24) is 10.3 Å². The van der Waals surface area contributed by atoms with Crippen molar-refractivity contribution >= 4 is 10.9 Å². The average molecular weight is 399 g/mol. The van der Waals surface area contributed by atoms with Gasteiger partial charge >= 0.3 is 0 Å². The molecule has 3 N–H and O–H groups in total. The van der Waals surface area contributed by atoms with Gasteiger partial charge in [0.2, 0.25) is 0 Å². The molecule has 0 aliphatic carbocycles. The number of hydrogen-bond donors (Lipinski definition) is 3. The second-order valence-electron chi connectivity index (χ2n) is 8.16. The fraction of sp³-hybridized carbons (Fsp3) is 0.259. The highest BCUT2D eigenvalue weighted by atomic mass is 16.3. The number of aromatic nitrogens is 1. The van der Waals surface area contributed by atoms with Gasteiger partial charge in [-0.2, -0.15) is 0 Å². The zero-order valence-electron chi connectivity index (χ0n) is 17.8. The van der Waals surface area contributed by atoms with Crippen molar-refractivity contribution in [3.63, 3.8) is 0 Å². The van der Waals surface area contributed by atoms with Gasteiger partial charge in [0.15, 0.2) is 0 Å². The number of hydrogen-bond acceptors (Lipinski definition) is 2. The lowest BCUT2D eigenvalue weighted by Crippen LogP contribution is -2.24. The van der Waals surface area contributed by atoms with Gasteiger partial charge in [-0.1, -0.05) is 54.1 Å². The molecule has 1 atom stereocenters. The Labute approximate surface area is 178 Å². The molecule has 0 amide bonds. The van der Waals surface area contributed by atoms with E-state index in [2.05, 4.69) is 72.8 Å². The van der Waals surface area contributed by atoms with Crippen molar-refractivity contribution in [1.29, 1.82) is 0 Å². The Kier molecular flexibility index (Phi) is 6.20. The first-order valence-electron chi connectivity index (χ1n) is 10.8. The van der Waals surface area contributed by atoms with Crippen molar-refractivity contribution in [2.24, 2.45) is 0 Å². The number of aryl methyl sites for hydroxylation is 3. The molecule has 0 aliphatic rings. The Morgan fingerprint density at radius 1 is 0.900 bits per heavy atom. The van der Waals surface area contributed by atoms with Crippen molar-refractivity contribution in [3.8, 4) is 5.75 Å². The van der Waals surface area contributed by atoms with E-state index in [9.17, 15) is 5.11 Å². The normalized spacial score (nSPS) is 12.3. The largest absolute Gasteiger partial charge is 0.508 e. The third kappa shape index (κ3) is 4.58. The van der Waals surface area contributed by atoms with Gasteiger partial charge < -0.3 is 15.4 Å². The molecular weight excluding hydrogens is 368 g/mol. The van der Waals surface area contributed by atoms with Gasteiger partial charge in [0.25, 0.3) is 0 Å². The van der Waals surface area contributed by atoms with Gasteiger partial charge in [-0.25, -0.2) is 0 Å². The lowest BCUT2D eigenvalue weighted by molar-refractivity contribution is 0.475. The fourth-order valence-corrected chi connectivity index (χ4v) is 4.23. The Morgan fingerprint density at radius 2 is 1.70 bits per heavy atom. The van der Waals surface area contributed by atoms with Crippen molar-refractivity contribution < 1.29 is 5.11 Å². The molecule has 4 rings (SSSR count). The second kappa shape index (κ2) is 9.19. The first-order chi connectivity index (χ1) is 14.6. The van der Waals surface area contributed by atoms with Crippen LogP contribution in [0.2, 0.25) is 0 Å². The number of nitrogens with one attached hydrogen (secondary N) is 2. The summed E-state index contributed by atoms with van der Waals surface area (Å²) in [6.45, 7) is 5.31. The maximum absolute atomic E-state index is 9.43. The van der Waals surface area contributed by atoms with E-state index in [1.807, 2.05) is 12.1 Å². The van der Waals surface area contributed by atoms with Crippen LogP contribution in [-0.4, -0.2) is 16.6 Å². The first kappa shape index (κ1) is 20.2. The number of aromatic amines is 1. The second-order valence-corrected chi connectivity index (χ2v) is 8.16. The third-order valence-electron chi connectivity index (χ3n) is 5.85. The average Bonchev–Trinajstić information content (AvgIpc) is 3.17. The molecule has 4 aromatic rings.